The second-order valence-electron chi connectivity index (χ2n) is 8.44. The van der Waals surface area contributed by atoms with Gasteiger partial charge in [-0.05, 0) is 84.8 Å². The number of nitrogens with one attached hydrogen (secondary N) is 1. The summed E-state index contributed by atoms with van der Waals surface area (Å²) < 4.78 is 24.7. The Balaban J connectivity index is 1.44. The van der Waals surface area contributed by atoms with Gasteiger partial charge in [0, 0.05) is 15.7 Å². The molecule has 1 fully saturated rings. The van der Waals surface area contributed by atoms with Gasteiger partial charge in [0.2, 0.25) is 0 Å². The fraction of sp³-hybridized carbons (Fsp3) is 0.179. The number of ether oxygens (including phenoxy) is 2. The Morgan fingerprint density at radius 1 is 1.03 bits per heavy atom. The van der Waals surface area contributed by atoms with Gasteiger partial charge >= 0.3 is 0 Å². The van der Waals surface area contributed by atoms with Crippen molar-refractivity contribution in [1.29, 1.82) is 0 Å². The van der Waals surface area contributed by atoms with Crippen LogP contribution >= 0.6 is 35.0 Å². The fourth-order valence-corrected chi connectivity index (χ4v) is 4.87. The average Bonchev–Trinajstić information content (AvgIpc) is 3.14. The van der Waals surface area contributed by atoms with E-state index < -0.39 is 17.0 Å². The molecule has 0 saturated carbocycles. The first-order chi connectivity index (χ1) is 18.6. The maximum atomic E-state index is 13.3. The molecule has 0 aliphatic carbocycles. The number of rotatable bonds is 9. The maximum Gasteiger partial charge on any atom is 0.293 e. The van der Waals surface area contributed by atoms with E-state index in [0.29, 0.717) is 39.9 Å². The molecule has 1 aliphatic rings. The number of hydrogen-bond donors (Lipinski definition) is 1. The van der Waals surface area contributed by atoms with Crippen molar-refractivity contribution in [3.05, 3.63) is 92.1 Å². The molecule has 0 unspecified atom stereocenters. The first-order valence-corrected chi connectivity index (χ1v) is 13.4. The van der Waals surface area contributed by atoms with Gasteiger partial charge in [-0.2, -0.15) is 0 Å². The molecular formula is C28H23Cl2FN2O5S. The van der Waals surface area contributed by atoms with Gasteiger partial charge in [-0.1, -0.05) is 41.4 Å². The average molecular weight is 589 g/mol. The molecule has 4 rings (SSSR count). The third kappa shape index (κ3) is 7.11. The first-order valence-electron chi connectivity index (χ1n) is 11.8. The van der Waals surface area contributed by atoms with Gasteiger partial charge in [0.25, 0.3) is 17.1 Å². The van der Waals surface area contributed by atoms with Crippen molar-refractivity contribution >= 4 is 63.8 Å². The van der Waals surface area contributed by atoms with Crippen LogP contribution in [0.1, 0.15) is 23.6 Å². The van der Waals surface area contributed by atoms with Gasteiger partial charge in [-0.3, -0.25) is 19.3 Å². The number of amides is 3. The van der Waals surface area contributed by atoms with Crippen LogP contribution in [0.5, 0.6) is 11.5 Å². The molecule has 0 bridgehead atoms. The predicted octanol–water partition coefficient (Wildman–Crippen LogP) is 7.09. The number of carbonyl (C=O) groups is 3. The summed E-state index contributed by atoms with van der Waals surface area (Å²) in [5.41, 5.74) is 2.50. The number of benzene rings is 3. The molecule has 0 radical (unpaired) electrons. The zero-order valence-corrected chi connectivity index (χ0v) is 23.3. The molecule has 7 nitrogen and oxygen atoms in total. The van der Waals surface area contributed by atoms with Crippen molar-refractivity contribution in [2.75, 3.05) is 18.5 Å². The molecule has 3 aromatic carbocycles. The van der Waals surface area contributed by atoms with E-state index in [1.165, 1.54) is 12.1 Å². The summed E-state index contributed by atoms with van der Waals surface area (Å²) in [4.78, 5) is 39.1. The van der Waals surface area contributed by atoms with E-state index in [-0.39, 0.29) is 29.0 Å². The summed E-state index contributed by atoms with van der Waals surface area (Å²) in [6.07, 6.45) is 1.57. The van der Waals surface area contributed by atoms with Gasteiger partial charge in [0.05, 0.1) is 18.1 Å². The highest BCUT2D eigenvalue weighted by atomic mass is 35.5. The Labute approximate surface area is 238 Å². The van der Waals surface area contributed by atoms with Crippen LogP contribution in [-0.2, 0) is 16.1 Å². The van der Waals surface area contributed by atoms with Crippen LogP contribution in [0.3, 0.4) is 0 Å². The Hall–Kier alpha value is -3.53. The second kappa shape index (κ2) is 12.5. The highest BCUT2D eigenvalue weighted by molar-refractivity contribution is 8.18. The Morgan fingerprint density at radius 3 is 2.54 bits per heavy atom. The van der Waals surface area contributed by atoms with Gasteiger partial charge in [0.15, 0.2) is 18.1 Å². The van der Waals surface area contributed by atoms with E-state index in [4.69, 9.17) is 32.7 Å². The largest absolute Gasteiger partial charge is 0.490 e. The van der Waals surface area contributed by atoms with Crippen molar-refractivity contribution in [3.63, 3.8) is 0 Å². The Morgan fingerprint density at radius 2 is 1.82 bits per heavy atom. The number of thioether (sulfide) groups is 1. The zero-order valence-electron chi connectivity index (χ0n) is 20.9. The molecular weight excluding hydrogens is 566 g/mol. The molecule has 1 N–H and O–H groups in total. The van der Waals surface area contributed by atoms with Gasteiger partial charge in [-0.15, -0.1) is 0 Å². The molecule has 0 spiro atoms. The highest BCUT2D eigenvalue weighted by Gasteiger charge is 2.35. The smallest absolute Gasteiger partial charge is 0.293 e. The van der Waals surface area contributed by atoms with E-state index in [0.717, 1.165) is 28.3 Å². The number of carbonyl (C=O) groups excluding carboxylic acids is 3. The van der Waals surface area contributed by atoms with Crippen LogP contribution in [0.4, 0.5) is 14.9 Å². The number of imide groups is 1. The monoisotopic (exact) mass is 588 g/mol. The van der Waals surface area contributed by atoms with Crippen molar-refractivity contribution < 1.29 is 28.2 Å². The van der Waals surface area contributed by atoms with E-state index in [1.54, 1.807) is 49.4 Å². The summed E-state index contributed by atoms with van der Waals surface area (Å²) in [6, 6.07) is 14.0. The Bertz CT molecular complexity index is 1480. The van der Waals surface area contributed by atoms with Crippen LogP contribution in [0.2, 0.25) is 10.0 Å². The van der Waals surface area contributed by atoms with Gasteiger partial charge in [-0.25, -0.2) is 4.39 Å². The molecule has 1 heterocycles. The zero-order chi connectivity index (χ0) is 28.1. The molecule has 0 aromatic heterocycles. The van der Waals surface area contributed by atoms with Gasteiger partial charge < -0.3 is 14.8 Å². The number of aryl methyl sites for hydroxylation is 1. The highest BCUT2D eigenvalue weighted by Crippen LogP contribution is 2.36. The third-order valence-electron chi connectivity index (χ3n) is 5.60. The number of halogens is 3. The van der Waals surface area contributed by atoms with Crippen molar-refractivity contribution in [1.82, 2.24) is 4.90 Å². The van der Waals surface area contributed by atoms with E-state index in [9.17, 15) is 18.8 Å². The third-order valence-corrected chi connectivity index (χ3v) is 7.26. The minimum absolute atomic E-state index is 0.0745. The molecule has 11 heteroatoms. The number of nitrogens with zero attached hydrogens (tertiary/aromatic N) is 1. The SMILES string of the molecule is CCOc1cc(/C=C2\SC(=O)N(Cc3ccc(F)cc3Cl)C2=O)ccc1OCC(=O)Nc1ccc(C)c(Cl)c1. The molecule has 3 amide bonds. The van der Waals surface area contributed by atoms with Crippen molar-refractivity contribution in [2.45, 2.75) is 20.4 Å². The lowest BCUT2D eigenvalue weighted by atomic mass is 10.1. The fourth-order valence-electron chi connectivity index (χ4n) is 3.62. The van der Waals surface area contributed by atoms with Crippen LogP contribution in [-0.4, -0.2) is 35.2 Å². The van der Waals surface area contributed by atoms with E-state index >= 15 is 0 Å². The second-order valence-corrected chi connectivity index (χ2v) is 10.3. The standard InChI is InChI=1S/C28H23Cl2FN2O5S/c1-3-37-24-10-17(5-9-23(24)38-15-26(34)32-20-8-4-16(2)21(29)13-20)11-25-27(35)33(28(36)39-25)14-18-6-7-19(31)12-22(18)30/h4-13H,3,14-15H2,1-2H3,(H,32,34)/b25-11-. The quantitative estimate of drug-likeness (QED) is 0.268. The topological polar surface area (TPSA) is 84.9 Å². The molecule has 202 valence electrons. The van der Waals surface area contributed by atoms with Crippen molar-refractivity contribution in [3.8, 4) is 11.5 Å². The van der Waals surface area contributed by atoms with Crippen LogP contribution in [0, 0.1) is 12.7 Å². The lowest BCUT2D eigenvalue weighted by Crippen LogP contribution is -2.27. The summed E-state index contributed by atoms with van der Waals surface area (Å²) in [7, 11) is 0. The summed E-state index contributed by atoms with van der Waals surface area (Å²) >= 11 is 13.0. The molecule has 39 heavy (non-hydrogen) atoms. The lowest BCUT2D eigenvalue weighted by Gasteiger charge is -2.14. The van der Waals surface area contributed by atoms with E-state index in [2.05, 4.69) is 5.32 Å². The molecule has 1 aliphatic heterocycles. The molecule has 3 aromatic rings. The minimum atomic E-state index is -0.507. The maximum absolute atomic E-state index is 13.3. The molecule has 0 atom stereocenters. The first kappa shape index (κ1) is 28.5. The van der Waals surface area contributed by atoms with Crippen LogP contribution in [0.25, 0.3) is 6.08 Å². The minimum Gasteiger partial charge on any atom is -0.490 e. The Kier molecular flexibility index (Phi) is 9.16. The van der Waals surface area contributed by atoms with Crippen LogP contribution in [0.15, 0.2) is 59.5 Å². The van der Waals surface area contributed by atoms with E-state index in [1.807, 2.05) is 6.92 Å². The number of anilines is 1. The summed E-state index contributed by atoms with van der Waals surface area (Å²) in [5.74, 6) is -0.667. The lowest BCUT2D eigenvalue weighted by molar-refractivity contribution is -0.123. The summed E-state index contributed by atoms with van der Waals surface area (Å²) in [6.45, 7) is 3.66. The molecule has 1 saturated heterocycles. The normalized spacial score (nSPS) is 14.2. The predicted molar refractivity (Wildman–Crippen MR) is 151 cm³/mol. The summed E-state index contributed by atoms with van der Waals surface area (Å²) in [5, 5.41) is 2.94. The van der Waals surface area contributed by atoms with Crippen molar-refractivity contribution in [2.24, 2.45) is 0 Å². The van der Waals surface area contributed by atoms with Crippen LogP contribution < -0.4 is 14.8 Å². The number of hydrogen-bond acceptors (Lipinski definition) is 6. The van der Waals surface area contributed by atoms with Gasteiger partial charge in [0.1, 0.15) is 5.82 Å².